The van der Waals surface area contributed by atoms with Gasteiger partial charge in [0.2, 0.25) is 0 Å². The lowest BCUT2D eigenvalue weighted by Crippen LogP contribution is -2.37. The lowest BCUT2D eigenvalue weighted by Gasteiger charge is -2.25. The second-order valence-corrected chi connectivity index (χ2v) is 5.46. The Bertz CT molecular complexity index is 432. The third-order valence-electron chi connectivity index (χ3n) is 3.92. The summed E-state index contributed by atoms with van der Waals surface area (Å²) < 4.78 is 0. The summed E-state index contributed by atoms with van der Waals surface area (Å²) in [6.07, 6.45) is 4.14. The summed E-state index contributed by atoms with van der Waals surface area (Å²) in [6, 6.07) is 9.51. The number of nitrogens with zero attached hydrogens (tertiary/aromatic N) is 1. The maximum absolute atomic E-state index is 4.39. The Morgan fingerprint density at radius 1 is 1.28 bits per heavy atom. The SMILES string of the molecule is CC1CN=C(NCc2ccc(C3CCC3)cc2)N1. The van der Waals surface area contributed by atoms with Crippen molar-refractivity contribution in [2.24, 2.45) is 4.99 Å². The molecule has 2 N–H and O–H groups in total. The van der Waals surface area contributed by atoms with E-state index in [1.54, 1.807) is 0 Å². The topological polar surface area (TPSA) is 36.4 Å². The van der Waals surface area contributed by atoms with Gasteiger partial charge in [0.15, 0.2) is 5.96 Å². The minimum Gasteiger partial charge on any atom is -0.352 e. The molecule has 1 unspecified atom stereocenters. The Morgan fingerprint density at radius 2 is 2.06 bits per heavy atom. The standard InChI is InChI=1S/C15H21N3/c1-11-9-16-15(18-11)17-10-12-5-7-14(8-6-12)13-3-2-4-13/h5-8,11,13H,2-4,9-10H2,1H3,(H2,16,17,18). The van der Waals surface area contributed by atoms with E-state index in [0.717, 1.165) is 25.0 Å². The number of guanidine groups is 1. The summed E-state index contributed by atoms with van der Waals surface area (Å²) in [5.41, 5.74) is 2.83. The van der Waals surface area contributed by atoms with Crippen LogP contribution in [0.2, 0.25) is 0 Å². The van der Waals surface area contributed by atoms with Crippen molar-refractivity contribution in [1.29, 1.82) is 0 Å². The van der Waals surface area contributed by atoms with Crippen molar-refractivity contribution in [2.45, 2.75) is 44.7 Å². The van der Waals surface area contributed by atoms with Gasteiger partial charge in [0.1, 0.15) is 0 Å². The molecule has 1 heterocycles. The normalized spacial score (nSPS) is 23.2. The van der Waals surface area contributed by atoms with Crippen molar-refractivity contribution in [1.82, 2.24) is 10.6 Å². The Hall–Kier alpha value is -1.51. The second kappa shape index (κ2) is 5.01. The molecule has 0 aromatic heterocycles. The van der Waals surface area contributed by atoms with Crippen LogP contribution in [0.1, 0.15) is 43.2 Å². The molecular formula is C15H21N3. The lowest BCUT2D eigenvalue weighted by atomic mass is 9.80. The lowest BCUT2D eigenvalue weighted by molar-refractivity contribution is 0.419. The fourth-order valence-electron chi connectivity index (χ4n) is 2.49. The van der Waals surface area contributed by atoms with E-state index < -0.39 is 0 Å². The molecule has 1 atom stereocenters. The minimum absolute atomic E-state index is 0.466. The Kier molecular flexibility index (Phi) is 3.22. The highest BCUT2D eigenvalue weighted by Crippen LogP contribution is 2.36. The van der Waals surface area contributed by atoms with Gasteiger partial charge in [-0.15, -0.1) is 0 Å². The second-order valence-electron chi connectivity index (χ2n) is 5.46. The summed E-state index contributed by atoms with van der Waals surface area (Å²) in [4.78, 5) is 4.39. The van der Waals surface area contributed by atoms with Crippen molar-refractivity contribution in [2.75, 3.05) is 6.54 Å². The van der Waals surface area contributed by atoms with Crippen LogP contribution in [0.15, 0.2) is 29.3 Å². The number of nitrogens with one attached hydrogen (secondary N) is 2. The van der Waals surface area contributed by atoms with Crippen LogP contribution in [0, 0.1) is 0 Å². The highest BCUT2D eigenvalue weighted by molar-refractivity contribution is 5.81. The molecule has 0 bridgehead atoms. The van der Waals surface area contributed by atoms with E-state index in [9.17, 15) is 0 Å². The van der Waals surface area contributed by atoms with Crippen LogP contribution < -0.4 is 10.6 Å². The largest absolute Gasteiger partial charge is 0.352 e. The van der Waals surface area contributed by atoms with Gasteiger partial charge in [-0.1, -0.05) is 30.7 Å². The molecule has 1 aliphatic heterocycles. The van der Waals surface area contributed by atoms with Crippen LogP contribution in [0.5, 0.6) is 0 Å². The van der Waals surface area contributed by atoms with Crippen LogP contribution in [0.25, 0.3) is 0 Å². The van der Waals surface area contributed by atoms with E-state index in [-0.39, 0.29) is 0 Å². The Balaban J connectivity index is 1.53. The number of rotatable bonds is 3. The zero-order valence-corrected chi connectivity index (χ0v) is 10.9. The summed E-state index contributed by atoms with van der Waals surface area (Å²) in [7, 11) is 0. The molecule has 3 nitrogen and oxygen atoms in total. The van der Waals surface area contributed by atoms with Gasteiger partial charge in [-0.25, -0.2) is 0 Å². The fraction of sp³-hybridized carbons (Fsp3) is 0.533. The predicted octanol–water partition coefficient (Wildman–Crippen LogP) is 2.39. The molecule has 1 aliphatic carbocycles. The van der Waals surface area contributed by atoms with Gasteiger partial charge in [-0.05, 0) is 36.8 Å². The average molecular weight is 243 g/mol. The van der Waals surface area contributed by atoms with Crippen LogP contribution in [0.3, 0.4) is 0 Å². The molecule has 0 saturated heterocycles. The maximum Gasteiger partial charge on any atom is 0.191 e. The van der Waals surface area contributed by atoms with E-state index in [1.165, 1.54) is 30.4 Å². The highest BCUT2D eigenvalue weighted by atomic mass is 15.2. The first-order valence-corrected chi connectivity index (χ1v) is 6.95. The molecule has 3 rings (SSSR count). The number of hydrogen-bond acceptors (Lipinski definition) is 3. The van der Waals surface area contributed by atoms with Gasteiger partial charge in [-0.2, -0.15) is 0 Å². The molecule has 1 saturated carbocycles. The molecule has 0 spiro atoms. The van der Waals surface area contributed by atoms with Gasteiger partial charge in [-0.3, -0.25) is 4.99 Å². The monoisotopic (exact) mass is 243 g/mol. The summed E-state index contributed by atoms with van der Waals surface area (Å²) in [5.74, 6) is 1.76. The van der Waals surface area contributed by atoms with Gasteiger partial charge in [0, 0.05) is 12.6 Å². The van der Waals surface area contributed by atoms with Gasteiger partial charge < -0.3 is 10.6 Å². The van der Waals surface area contributed by atoms with Crippen LogP contribution in [0.4, 0.5) is 0 Å². The first kappa shape index (κ1) is 11.6. The van der Waals surface area contributed by atoms with Crippen LogP contribution >= 0.6 is 0 Å². The van der Waals surface area contributed by atoms with E-state index in [2.05, 4.69) is 46.8 Å². The van der Waals surface area contributed by atoms with Crippen LogP contribution in [-0.4, -0.2) is 18.5 Å². The zero-order valence-electron chi connectivity index (χ0n) is 10.9. The summed E-state index contributed by atoms with van der Waals surface area (Å²) in [6.45, 7) is 3.87. The number of aliphatic imine (C=N–C) groups is 1. The number of benzene rings is 1. The van der Waals surface area contributed by atoms with E-state index in [4.69, 9.17) is 0 Å². The molecule has 96 valence electrons. The van der Waals surface area contributed by atoms with E-state index in [1.807, 2.05) is 0 Å². The zero-order chi connectivity index (χ0) is 12.4. The average Bonchev–Trinajstić information content (AvgIpc) is 2.72. The third-order valence-corrected chi connectivity index (χ3v) is 3.92. The van der Waals surface area contributed by atoms with E-state index >= 15 is 0 Å². The van der Waals surface area contributed by atoms with Crippen molar-refractivity contribution in [3.05, 3.63) is 35.4 Å². The first-order valence-electron chi connectivity index (χ1n) is 6.95. The van der Waals surface area contributed by atoms with E-state index in [0.29, 0.717) is 6.04 Å². The Labute approximate surface area is 109 Å². The smallest absolute Gasteiger partial charge is 0.191 e. The van der Waals surface area contributed by atoms with Crippen molar-refractivity contribution in [3.8, 4) is 0 Å². The summed E-state index contributed by atoms with van der Waals surface area (Å²) >= 11 is 0. The van der Waals surface area contributed by atoms with Crippen LogP contribution in [-0.2, 0) is 6.54 Å². The van der Waals surface area contributed by atoms with Crippen molar-refractivity contribution < 1.29 is 0 Å². The Morgan fingerprint density at radius 3 is 2.61 bits per heavy atom. The van der Waals surface area contributed by atoms with Gasteiger partial charge in [0.25, 0.3) is 0 Å². The molecule has 1 fully saturated rings. The molecule has 3 heteroatoms. The molecular weight excluding hydrogens is 222 g/mol. The molecule has 0 radical (unpaired) electrons. The van der Waals surface area contributed by atoms with Gasteiger partial charge >= 0.3 is 0 Å². The molecule has 1 aromatic carbocycles. The number of hydrogen-bond donors (Lipinski definition) is 2. The fourth-order valence-corrected chi connectivity index (χ4v) is 2.49. The third kappa shape index (κ3) is 2.50. The summed E-state index contributed by atoms with van der Waals surface area (Å²) in [5, 5.41) is 6.65. The van der Waals surface area contributed by atoms with Crippen molar-refractivity contribution in [3.63, 3.8) is 0 Å². The minimum atomic E-state index is 0.466. The van der Waals surface area contributed by atoms with Gasteiger partial charge in [0.05, 0.1) is 6.54 Å². The molecule has 0 amide bonds. The van der Waals surface area contributed by atoms with Crippen molar-refractivity contribution >= 4 is 5.96 Å². The quantitative estimate of drug-likeness (QED) is 0.855. The molecule has 1 aromatic rings. The molecule has 18 heavy (non-hydrogen) atoms. The first-order chi connectivity index (χ1) is 8.81. The predicted molar refractivity (Wildman–Crippen MR) is 74.8 cm³/mol. The molecule has 2 aliphatic rings. The highest BCUT2D eigenvalue weighted by Gasteiger charge is 2.19. The maximum atomic E-state index is 4.39.